The number of amides is 1. The number of aromatic nitrogens is 2. The molecule has 7 nitrogen and oxygen atoms in total. The van der Waals surface area contributed by atoms with E-state index in [2.05, 4.69) is 10.1 Å². The predicted octanol–water partition coefficient (Wildman–Crippen LogP) is 3.24. The molecule has 1 amide bonds. The molecule has 0 saturated carbocycles. The Morgan fingerprint density at radius 1 is 1.50 bits per heavy atom. The summed E-state index contributed by atoms with van der Waals surface area (Å²) in [7, 11) is 0. The van der Waals surface area contributed by atoms with E-state index in [1.54, 1.807) is 17.9 Å². The highest BCUT2D eigenvalue weighted by Crippen LogP contribution is 2.24. The molecule has 1 fully saturated rings. The Hall–Kier alpha value is -2.22. The molecule has 0 N–H and O–H groups in total. The molecule has 2 unspecified atom stereocenters. The molecule has 0 bridgehead atoms. The maximum absolute atomic E-state index is 12.5. The molecule has 2 aromatic heterocycles. The monoisotopic (exact) mass is 377 g/mol. The molecule has 26 heavy (non-hydrogen) atoms. The van der Waals surface area contributed by atoms with Crippen molar-refractivity contribution in [3.05, 3.63) is 34.1 Å². The molecule has 1 saturated heterocycles. The number of carbonyl (C=O) groups is 2. The number of piperidine rings is 1. The first-order valence-corrected chi connectivity index (χ1v) is 9.82. The lowest BCUT2D eigenvalue weighted by Crippen LogP contribution is -2.42. The second-order valence-corrected chi connectivity index (χ2v) is 7.39. The summed E-state index contributed by atoms with van der Waals surface area (Å²) in [5.41, 5.74) is 0. The van der Waals surface area contributed by atoms with Crippen LogP contribution in [0.4, 0.5) is 0 Å². The van der Waals surface area contributed by atoms with Gasteiger partial charge in [-0.25, -0.2) is 0 Å². The van der Waals surface area contributed by atoms with E-state index in [4.69, 9.17) is 9.26 Å². The topological polar surface area (TPSA) is 85.5 Å². The Morgan fingerprint density at radius 3 is 3.08 bits per heavy atom. The Morgan fingerprint density at radius 2 is 2.35 bits per heavy atom. The lowest BCUT2D eigenvalue weighted by Gasteiger charge is -2.31. The number of thiophene rings is 1. The molecular formula is C18H23N3O4S. The molecule has 140 valence electrons. The number of aryl methyl sites for hydroxylation is 1. The van der Waals surface area contributed by atoms with Gasteiger partial charge in [0, 0.05) is 19.5 Å². The van der Waals surface area contributed by atoms with Gasteiger partial charge in [-0.2, -0.15) is 4.98 Å². The Balaban J connectivity index is 1.57. The Kier molecular flexibility index (Phi) is 6.03. The Labute approximate surface area is 156 Å². The number of ether oxygens (including phenoxy) is 1. The van der Waals surface area contributed by atoms with Crippen molar-refractivity contribution >= 4 is 23.2 Å². The Bertz CT molecular complexity index is 743. The van der Waals surface area contributed by atoms with Gasteiger partial charge in [0.2, 0.25) is 0 Å². The van der Waals surface area contributed by atoms with Gasteiger partial charge in [-0.05, 0) is 37.6 Å². The molecule has 3 heterocycles. The SMILES string of the molecule is CCCc1noc(C(C)OC(=O)C2CCCN(C(=O)c3cccs3)C2)n1. The number of rotatable bonds is 6. The summed E-state index contributed by atoms with van der Waals surface area (Å²) in [6.07, 6.45) is 2.55. The van der Waals surface area contributed by atoms with Crippen molar-refractivity contribution in [3.8, 4) is 0 Å². The lowest BCUT2D eigenvalue weighted by atomic mass is 9.98. The number of hydrogen-bond acceptors (Lipinski definition) is 7. The fourth-order valence-corrected chi connectivity index (χ4v) is 3.68. The van der Waals surface area contributed by atoms with Crippen LogP contribution < -0.4 is 0 Å². The quantitative estimate of drug-likeness (QED) is 0.719. The van der Waals surface area contributed by atoms with E-state index in [0.717, 1.165) is 19.3 Å². The maximum atomic E-state index is 12.5. The third-order valence-corrected chi connectivity index (χ3v) is 5.23. The lowest BCUT2D eigenvalue weighted by molar-refractivity contribution is -0.156. The van der Waals surface area contributed by atoms with Crippen LogP contribution in [0, 0.1) is 5.92 Å². The van der Waals surface area contributed by atoms with Gasteiger partial charge in [0.1, 0.15) is 0 Å². The van der Waals surface area contributed by atoms with Crippen LogP contribution in [0.25, 0.3) is 0 Å². The number of hydrogen-bond donors (Lipinski definition) is 0. The smallest absolute Gasteiger partial charge is 0.311 e. The minimum atomic E-state index is -0.594. The highest BCUT2D eigenvalue weighted by atomic mass is 32.1. The maximum Gasteiger partial charge on any atom is 0.311 e. The van der Waals surface area contributed by atoms with Crippen molar-refractivity contribution in [2.75, 3.05) is 13.1 Å². The van der Waals surface area contributed by atoms with Crippen LogP contribution in [0.15, 0.2) is 22.0 Å². The zero-order chi connectivity index (χ0) is 18.5. The standard InChI is InChI=1S/C18H23N3O4S/c1-3-6-15-19-16(25-20-15)12(2)24-18(23)13-7-4-9-21(11-13)17(22)14-8-5-10-26-14/h5,8,10,12-13H,3-4,6-7,9,11H2,1-2H3. The molecule has 1 aliphatic heterocycles. The molecular weight excluding hydrogens is 354 g/mol. The summed E-state index contributed by atoms with van der Waals surface area (Å²) in [6, 6.07) is 3.66. The summed E-state index contributed by atoms with van der Waals surface area (Å²) >= 11 is 1.41. The third-order valence-electron chi connectivity index (χ3n) is 4.37. The van der Waals surface area contributed by atoms with Crippen LogP contribution >= 0.6 is 11.3 Å². The van der Waals surface area contributed by atoms with Crippen molar-refractivity contribution < 1.29 is 18.8 Å². The summed E-state index contributed by atoms with van der Waals surface area (Å²) in [6.45, 7) is 4.80. The zero-order valence-electron chi connectivity index (χ0n) is 15.0. The molecule has 2 atom stereocenters. The van der Waals surface area contributed by atoms with Crippen molar-refractivity contribution in [2.45, 2.75) is 45.6 Å². The fourth-order valence-electron chi connectivity index (χ4n) is 2.99. The summed E-state index contributed by atoms with van der Waals surface area (Å²) in [5.74, 6) is 0.260. The van der Waals surface area contributed by atoms with Crippen molar-refractivity contribution in [1.29, 1.82) is 0 Å². The van der Waals surface area contributed by atoms with Gasteiger partial charge in [0.15, 0.2) is 11.9 Å². The fraction of sp³-hybridized carbons (Fsp3) is 0.556. The molecule has 2 aromatic rings. The van der Waals surface area contributed by atoms with E-state index < -0.39 is 6.10 Å². The van der Waals surface area contributed by atoms with Gasteiger partial charge >= 0.3 is 5.97 Å². The van der Waals surface area contributed by atoms with Gasteiger partial charge in [-0.1, -0.05) is 18.1 Å². The molecule has 1 aliphatic rings. The van der Waals surface area contributed by atoms with E-state index in [9.17, 15) is 9.59 Å². The molecule has 8 heteroatoms. The van der Waals surface area contributed by atoms with Gasteiger partial charge in [0.05, 0.1) is 10.8 Å². The zero-order valence-corrected chi connectivity index (χ0v) is 15.8. The molecule has 3 rings (SSSR count). The van der Waals surface area contributed by atoms with E-state index in [0.29, 0.717) is 36.1 Å². The minimum absolute atomic E-state index is 0.0216. The van der Waals surface area contributed by atoms with Crippen LogP contribution in [0.1, 0.15) is 60.6 Å². The molecule has 0 aromatic carbocycles. The van der Waals surface area contributed by atoms with Crippen LogP contribution in [-0.2, 0) is 16.0 Å². The van der Waals surface area contributed by atoms with Gasteiger partial charge in [0.25, 0.3) is 11.8 Å². The summed E-state index contributed by atoms with van der Waals surface area (Å²) in [5, 5.41) is 5.76. The largest absolute Gasteiger partial charge is 0.452 e. The first-order valence-electron chi connectivity index (χ1n) is 8.94. The van der Waals surface area contributed by atoms with Crippen LogP contribution in [0.5, 0.6) is 0 Å². The van der Waals surface area contributed by atoms with Crippen LogP contribution in [0.2, 0.25) is 0 Å². The van der Waals surface area contributed by atoms with E-state index in [-0.39, 0.29) is 17.8 Å². The molecule has 0 spiro atoms. The second-order valence-electron chi connectivity index (χ2n) is 6.45. The van der Waals surface area contributed by atoms with E-state index in [1.807, 2.05) is 18.4 Å². The van der Waals surface area contributed by atoms with Crippen molar-refractivity contribution in [1.82, 2.24) is 15.0 Å². The number of carbonyl (C=O) groups excluding carboxylic acids is 2. The number of nitrogens with zero attached hydrogens (tertiary/aromatic N) is 3. The first kappa shape index (κ1) is 18.6. The van der Waals surface area contributed by atoms with Crippen LogP contribution in [-0.4, -0.2) is 40.0 Å². The van der Waals surface area contributed by atoms with E-state index >= 15 is 0 Å². The molecule has 0 radical (unpaired) electrons. The van der Waals surface area contributed by atoms with Crippen LogP contribution in [0.3, 0.4) is 0 Å². The number of esters is 1. The minimum Gasteiger partial charge on any atom is -0.452 e. The van der Waals surface area contributed by atoms with Gasteiger partial charge < -0.3 is 14.2 Å². The van der Waals surface area contributed by atoms with Gasteiger partial charge in [-0.3, -0.25) is 9.59 Å². The van der Waals surface area contributed by atoms with Gasteiger partial charge in [-0.15, -0.1) is 11.3 Å². The average molecular weight is 377 g/mol. The third kappa shape index (κ3) is 4.30. The normalized spacial score (nSPS) is 18.5. The second kappa shape index (κ2) is 8.44. The number of likely N-dealkylation sites (tertiary alicyclic amines) is 1. The highest BCUT2D eigenvalue weighted by Gasteiger charge is 2.32. The van der Waals surface area contributed by atoms with Crippen molar-refractivity contribution in [3.63, 3.8) is 0 Å². The molecule has 0 aliphatic carbocycles. The highest BCUT2D eigenvalue weighted by molar-refractivity contribution is 7.12. The predicted molar refractivity (Wildman–Crippen MR) is 95.7 cm³/mol. The first-order chi connectivity index (χ1) is 12.6. The summed E-state index contributed by atoms with van der Waals surface area (Å²) in [4.78, 5) is 31.7. The average Bonchev–Trinajstić information content (AvgIpc) is 3.33. The van der Waals surface area contributed by atoms with E-state index in [1.165, 1.54) is 11.3 Å². The summed E-state index contributed by atoms with van der Waals surface area (Å²) < 4.78 is 10.7. The van der Waals surface area contributed by atoms with Crippen molar-refractivity contribution in [2.24, 2.45) is 5.92 Å².